The minimum atomic E-state index is -1.27. The van der Waals surface area contributed by atoms with Gasteiger partial charge in [0.05, 0.1) is 0 Å². The molecule has 0 atom stereocenters. The third-order valence-corrected chi connectivity index (χ3v) is 3.61. The Bertz CT molecular complexity index is 444. The highest BCUT2D eigenvalue weighted by atomic mass is 28.3. The average molecular weight is 243 g/mol. The maximum absolute atomic E-state index is 3.49. The Kier molecular flexibility index (Phi) is 3.59. The molecule has 1 aliphatic carbocycles. The molecule has 0 bridgehead atoms. The van der Waals surface area contributed by atoms with Crippen LogP contribution in [0.25, 0.3) is 0 Å². The molecule has 1 saturated carbocycles. The van der Waals surface area contributed by atoms with Gasteiger partial charge in [0.25, 0.3) is 0 Å². The SMILES string of the molecule is C[Si](C)(C)C#Cc1cccc(NCC2CC2)c1. The van der Waals surface area contributed by atoms with Gasteiger partial charge >= 0.3 is 0 Å². The molecule has 0 heterocycles. The molecule has 2 heteroatoms. The average Bonchev–Trinajstić information content (AvgIpc) is 3.07. The maximum atomic E-state index is 3.49. The van der Waals surface area contributed by atoms with E-state index < -0.39 is 8.07 Å². The lowest BCUT2D eigenvalue weighted by molar-refractivity contribution is 0.889. The molecule has 0 aromatic heterocycles. The lowest BCUT2D eigenvalue weighted by atomic mass is 10.2. The van der Waals surface area contributed by atoms with Crippen LogP contribution in [-0.2, 0) is 0 Å². The highest BCUT2D eigenvalue weighted by molar-refractivity contribution is 6.83. The van der Waals surface area contributed by atoms with E-state index in [0.717, 1.165) is 18.0 Å². The van der Waals surface area contributed by atoms with Crippen molar-refractivity contribution >= 4 is 13.8 Å². The van der Waals surface area contributed by atoms with Crippen LogP contribution in [0.3, 0.4) is 0 Å². The molecule has 0 radical (unpaired) electrons. The quantitative estimate of drug-likeness (QED) is 0.630. The summed E-state index contributed by atoms with van der Waals surface area (Å²) in [4.78, 5) is 0. The molecule has 1 aliphatic rings. The fraction of sp³-hybridized carbons (Fsp3) is 0.467. The van der Waals surface area contributed by atoms with Crippen molar-refractivity contribution in [2.45, 2.75) is 32.5 Å². The van der Waals surface area contributed by atoms with Crippen molar-refractivity contribution in [2.24, 2.45) is 5.92 Å². The highest BCUT2D eigenvalue weighted by Gasteiger charge is 2.20. The van der Waals surface area contributed by atoms with Gasteiger partial charge in [0, 0.05) is 17.8 Å². The lowest BCUT2D eigenvalue weighted by Gasteiger charge is -2.06. The molecule has 0 aliphatic heterocycles. The second-order valence-electron chi connectivity index (χ2n) is 5.91. The van der Waals surface area contributed by atoms with E-state index in [0.29, 0.717) is 0 Å². The van der Waals surface area contributed by atoms with Crippen LogP contribution in [0.1, 0.15) is 18.4 Å². The van der Waals surface area contributed by atoms with Gasteiger partial charge in [-0.05, 0) is 37.0 Å². The van der Waals surface area contributed by atoms with E-state index in [2.05, 4.69) is 60.7 Å². The van der Waals surface area contributed by atoms with Crippen LogP contribution < -0.4 is 5.32 Å². The van der Waals surface area contributed by atoms with Crippen molar-refractivity contribution in [3.05, 3.63) is 29.8 Å². The smallest absolute Gasteiger partial charge is 0.129 e. The van der Waals surface area contributed by atoms with Gasteiger partial charge in [-0.3, -0.25) is 0 Å². The number of anilines is 1. The first kappa shape index (κ1) is 12.3. The van der Waals surface area contributed by atoms with Gasteiger partial charge < -0.3 is 5.32 Å². The molecular formula is C15H21NSi. The first-order chi connectivity index (χ1) is 8.03. The van der Waals surface area contributed by atoms with Crippen LogP contribution >= 0.6 is 0 Å². The highest BCUT2D eigenvalue weighted by Crippen LogP contribution is 2.28. The fourth-order valence-corrected chi connectivity index (χ4v) is 2.07. The van der Waals surface area contributed by atoms with Gasteiger partial charge in [0.2, 0.25) is 0 Å². The van der Waals surface area contributed by atoms with Crippen molar-refractivity contribution in [1.29, 1.82) is 0 Å². The Morgan fingerprint density at radius 3 is 2.71 bits per heavy atom. The molecular weight excluding hydrogens is 222 g/mol. The fourth-order valence-electron chi connectivity index (χ4n) is 1.55. The van der Waals surface area contributed by atoms with Gasteiger partial charge in [-0.1, -0.05) is 31.6 Å². The molecule has 1 N–H and O–H groups in total. The number of benzene rings is 1. The molecule has 90 valence electrons. The van der Waals surface area contributed by atoms with Gasteiger partial charge in [0.15, 0.2) is 0 Å². The molecule has 2 rings (SSSR count). The van der Waals surface area contributed by atoms with Crippen molar-refractivity contribution in [3.8, 4) is 11.5 Å². The first-order valence-corrected chi connectivity index (χ1v) is 9.90. The van der Waals surface area contributed by atoms with Crippen LogP contribution in [-0.4, -0.2) is 14.6 Å². The Morgan fingerprint density at radius 2 is 2.06 bits per heavy atom. The topological polar surface area (TPSA) is 12.0 Å². The zero-order valence-corrected chi connectivity index (χ0v) is 12.0. The van der Waals surface area contributed by atoms with Crippen LogP contribution in [0, 0.1) is 17.4 Å². The summed E-state index contributed by atoms with van der Waals surface area (Å²) in [6.07, 6.45) is 2.78. The van der Waals surface area contributed by atoms with Crippen molar-refractivity contribution < 1.29 is 0 Å². The molecule has 0 unspecified atom stereocenters. The molecule has 0 amide bonds. The Morgan fingerprint density at radius 1 is 1.29 bits per heavy atom. The zero-order chi connectivity index (χ0) is 12.3. The summed E-state index contributed by atoms with van der Waals surface area (Å²) < 4.78 is 0. The van der Waals surface area contributed by atoms with Crippen LogP contribution in [0.5, 0.6) is 0 Å². The Labute approximate surface area is 106 Å². The van der Waals surface area contributed by atoms with Gasteiger partial charge in [0.1, 0.15) is 8.07 Å². The van der Waals surface area contributed by atoms with Crippen molar-refractivity contribution in [3.63, 3.8) is 0 Å². The van der Waals surface area contributed by atoms with E-state index in [1.165, 1.54) is 18.5 Å². The molecule has 0 spiro atoms. The normalized spacial score (nSPS) is 15.0. The van der Waals surface area contributed by atoms with Gasteiger partial charge in [-0.25, -0.2) is 0 Å². The summed E-state index contributed by atoms with van der Waals surface area (Å²) in [6, 6.07) is 8.47. The molecule has 17 heavy (non-hydrogen) atoms. The summed E-state index contributed by atoms with van der Waals surface area (Å²) >= 11 is 0. The molecule has 0 saturated heterocycles. The van der Waals surface area contributed by atoms with E-state index in [9.17, 15) is 0 Å². The minimum Gasteiger partial charge on any atom is -0.385 e. The predicted molar refractivity (Wildman–Crippen MR) is 77.9 cm³/mol. The third-order valence-electron chi connectivity index (χ3n) is 2.74. The first-order valence-electron chi connectivity index (χ1n) is 6.40. The van der Waals surface area contributed by atoms with E-state index in [1.807, 2.05) is 0 Å². The van der Waals surface area contributed by atoms with E-state index in [4.69, 9.17) is 0 Å². The standard InChI is InChI=1S/C15H21NSi/c1-17(2,3)10-9-13-5-4-6-15(11-13)16-12-14-7-8-14/h4-6,11,14,16H,7-8,12H2,1-3H3. The second-order valence-corrected chi connectivity index (χ2v) is 10.7. The van der Waals surface area contributed by atoms with Gasteiger partial charge in [-0.15, -0.1) is 5.54 Å². The minimum absolute atomic E-state index is 0.909. The number of nitrogens with one attached hydrogen (secondary N) is 1. The summed E-state index contributed by atoms with van der Waals surface area (Å²) in [5.41, 5.74) is 5.74. The Balaban J connectivity index is 2.01. The second kappa shape index (κ2) is 4.97. The van der Waals surface area contributed by atoms with Crippen LogP contribution in [0.4, 0.5) is 5.69 Å². The van der Waals surface area contributed by atoms with E-state index >= 15 is 0 Å². The molecule has 1 fully saturated rings. The van der Waals surface area contributed by atoms with E-state index in [1.54, 1.807) is 0 Å². The molecule has 1 aromatic rings. The van der Waals surface area contributed by atoms with Gasteiger partial charge in [-0.2, -0.15) is 0 Å². The monoisotopic (exact) mass is 243 g/mol. The largest absolute Gasteiger partial charge is 0.385 e. The zero-order valence-electron chi connectivity index (χ0n) is 11.0. The number of rotatable bonds is 3. The lowest BCUT2D eigenvalue weighted by Crippen LogP contribution is -2.16. The summed E-state index contributed by atoms with van der Waals surface area (Å²) in [5, 5.41) is 3.49. The summed E-state index contributed by atoms with van der Waals surface area (Å²) in [6.45, 7) is 7.94. The summed E-state index contributed by atoms with van der Waals surface area (Å²) in [5.74, 6) is 4.21. The van der Waals surface area contributed by atoms with Crippen molar-refractivity contribution in [1.82, 2.24) is 0 Å². The van der Waals surface area contributed by atoms with Crippen molar-refractivity contribution in [2.75, 3.05) is 11.9 Å². The maximum Gasteiger partial charge on any atom is 0.129 e. The third kappa shape index (κ3) is 4.66. The Hall–Kier alpha value is -1.20. The number of hydrogen-bond donors (Lipinski definition) is 1. The van der Waals surface area contributed by atoms with E-state index in [-0.39, 0.29) is 0 Å². The molecule has 1 aromatic carbocycles. The molecule has 1 nitrogen and oxygen atoms in total. The van der Waals surface area contributed by atoms with Crippen LogP contribution in [0.2, 0.25) is 19.6 Å². The van der Waals surface area contributed by atoms with Crippen LogP contribution in [0.15, 0.2) is 24.3 Å². The number of hydrogen-bond acceptors (Lipinski definition) is 1. The predicted octanol–water partition coefficient (Wildman–Crippen LogP) is 3.74. The summed E-state index contributed by atoms with van der Waals surface area (Å²) in [7, 11) is -1.27.